The minimum absolute atomic E-state index is 0.167. The predicted molar refractivity (Wildman–Crippen MR) is 81.6 cm³/mol. The van der Waals surface area contributed by atoms with Crippen molar-refractivity contribution in [1.82, 2.24) is 0 Å². The van der Waals surface area contributed by atoms with Gasteiger partial charge in [-0.2, -0.15) is 0 Å². The molecular weight excluding hydrogens is 208 g/mol. The molecule has 17 heavy (non-hydrogen) atoms. The Balaban J connectivity index is -0.0000000735. The van der Waals surface area contributed by atoms with Crippen molar-refractivity contribution in [1.29, 1.82) is 0 Å². The van der Waals surface area contributed by atoms with Gasteiger partial charge in [0, 0.05) is 0 Å². The second kappa shape index (κ2) is 29.4. The van der Waals surface area contributed by atoms with Gasteiger partial charge in [-0.3, -0.25) is 0 Å². The molecule has 0 aromatic heterocycles. The smallest absolute Gasteiger partial charge is 0.126 e. The lowest BCUT2D eigenvalue weighted by Gasteiger charge is -1.82. The molecule has 0 bridgehead atoms. The van der Waals surface area contributed by atoms with Gasteiger partial charge in [0.1, 0.15) is 5.78 Å². The van der Waals surface area contributed by atoms with E-state index in [1.54, 1.807) is 0 Å². The van der Waals surface area contributed by atoms with E-state index in [1.807, 2.05) is 59.7 Å². The summed E-state index contributed by atoms with van der Waals surface area (Å²) in [6.45, 7) is 17.1. The van der Waals surface area contributed by atoms with Crippen LogP contribution in [-0.4, -0.2) is 5.78 Å². The number of hydrogen-bond acceptors (Lipinski definition) is 1. The van der Waals surface area contributed by atoms with E-state index in [2.05, 4.69) is 19.1 Å². The molecular formula is C16H32O. The van der Waals surface area contributed by atoms with Crippen LogP contribution in [-0.2, 0) is 4.79 Å². The van der Waals surface area contributed by atoms with Gasteiger partial charge in [0.05, 0.1) is 0 Å². The third kappa shape index (κ3) is 52.1. The van der Waals surface area contributed by atoms with Crippen molar-refractivity contribution in [3.05, 3.63) is 35.9 Å². The van der Waals surface area contributed by atoms with E-state index in [0.717, 1.165) is 0 Å². The zero-order valence-electron chi connectivity index (χ0n) is 13.3. The number of carbonyl (C=O) groups is 1. The molecule has 1 rings (SSSR count). The van der Waals surface area contributed by atoms with Crippen molar-refractivity contribution in [2.45, 2.75) is 62.3 Å². The molecule has 0 aliphatic rings. The normalized spacial score (nSPS) is 6.18. The maximum absolute atomic E-state index is 9.44. The highest BCUT2D eigenvalue weighted by molar-refractivity contribution is 5.72. The van der Waals surface area contributed by atoms with Crippen molar-refractivity contribution in [3.8, 4) is 0 Å². The van der Waals surface area contributed by atoms with Crippen molar-refractivity contribution < 1.29 is 4.79 Å². The van der Waals surface area contributed by atoms with E-state index in [9.17, 15) is 4.79 Å². The first-order valence-corrected chi connectivity index (χ1v) is 6.61. The monoisotopic (exact) mass is 240 g/mol. The summed E-state index contributed by atoms with van der Waals surface area (Å²) in [5, 5.41) is 0. The number of hydrogen-bond donors (Lipinski definition) is 0. The maximum atomic E-state index is 9.44. The molecule has 0 unspecified atom stereocenters. The van der Waals surface area contributed by atoms with Crippen LogP contribution in [0.3, 0.4) is 0 Å². The van der Waals surface area contributed by atoms with Gasteiger partial charge in [0.2, 0.25) is 0 Å². The van der Waals surface area contributed by atoms with Crippen molar-refractivity contribution in [3.63, 3.8) is 0 Å². The van der Waals surface area contributed by atoms with Crippen LogP contribution in [0.25, 0.3) is 0 Å². The van der Waals surface area contributed by atoms with Crippen LogP contribution in [0.1, 0.15) is 61.0 Å². The Hall–Kier alpha value is -1.11. The Kier molecular flexibility index (Phi) is 43.1. The lowest BCUT2D eigenvalue weighted by molar-refractivity contribution is -0.114. The van der Waals surface area contributed by atoms with Gasteiger partial charge in [-0.25, -0.2) is 0 Å². The lowest BCUT2D eigenvalue weighted by atomic mass is 10.2. The van der Waals surface area contributed by atoms with Gasteiger partial charge < -0.3 is 4.79 Å². The van der Waals surface area contributed by atoms with Crippen molar-refractivity contribution in [2.75, 3.05) is 0 Å². The van der Waals surface area contributed by atoms with Crippen molar-refractivity contribution in [2.24, 2.45) is 0 Å². The van der Waals surface area contributed by atoms with Gasteiger partial charge in [-0.15, -0.1) is 0 Å². The first-order valence-electron chi connectivity index (χ1n) is 6.61. The molecule has 0 fully saturated rings. The SMILES string of the molecule is CC.CC.CC.CC(C)=O.Cc1ccccc1. The van der Waals surface area contributed by atoms with Crippen LogP contribution in [0.15, 0.2) is 30.3 Å². The summed E-state index contributed by atoms with van der Waals surface area (Å²) >= 11 is 0. The maximum Gasteiger partial charge on any atom is 0.126 e. The fourth-order valence-electron chi connectivity index (χ4n) is 0.534. The lowest BCUT2D eigenvalue weighted by Crippen LogP contribution is -1.69. The third-order valence-electron chi connectivity index (χ3n) is 0.940. The quantitative estimate of drug-likeness (QED) is 0.571. The van der Waals surface area contributed by atoms with E-state index in [-0.39, 0.29) is 5.78 Å². The predicted octanol–water partition coefficient (Wildman–Crippen LogP) is 5.67. The fraction of sp³-hybridized carbons (Fsp3) is 0.562. The molecule has 102 valence electrons. The van der Waals surface area contributed by atoms with Crippen LogP contribution in [0.4, 0.5) is 0 Å². The van der Waals surface area contributed by atoms with E-state index >= 15 is 0 Å². The first-order chi connectivity index (χ1) is 8.13. The van der Waals surface area contributed by atoms with Crippen LogP contribution in [0.5, 0.6) is 0 Å². The highest BCUT2D eigenvalue weighted by Gasteiger charge is 1.72. The number of ketones is 1. The molecule has 0 aliphatic carbocycles. The molecule has 1 heteroatoms. The summed E-state index contributed by atoms with van der Waals surface area (Å²) in [5.41, 5.74) is 1.32. The molecule has 0 spiro atoms. The van der Waals surface area contributed by atoms with Crippen LogP contribution in [0.2, 0.25) is 0 Å². The largest absolute Gasteiger partial charge is 0.300 e. The summed E-state index contributed by atoms with van der Waals surface area (Å²) in [6.07, 6.45) is 0. The molecule has 0 radical (unpaired) electrons. The second-order valence-corrected chi connectivity index (χ2v) is 2.56. The number of benzene rings is 1. The van der Waals surface area contributed by atoms with E-state index < -0.39 is 0 Å². The van der Waals surface area contributed by atoms with E-state index in [1.165, 1.54) is 19.4 Å². The van der Waals surface area contributed by atoms with E-state index in [4.69, 9.17) is 0 Å². The number of aryl methyl sites for hydroxylation is 1. The minimum atomic E-state index is 0.167. The molecule has 1 aromatic rings. The molecule has 0 atom stereocenters. The summed E-state index contributed by atoms with van der Waals surface area (Å²) in [4.78, 5) is 9.44. The Labute approximate surface area is 109 Å². The average Bonchev–Trinajstić information content (AvgIpc) is 2.37. The van der Waals surface area contributed by atoms with Gasteiger partial charge in [0.25, 0.3) is 0 Å². The second-order valence-electron chi connectivity index (χ2n) is 2.56. The van der Waals surface area contributed by atoms with Gasteiger partial charge in [-0.1, -0.05) is 77.4 Å². The topological polar surface area (TPSA) is 17.1 Å². The minimum Gasteiger partial charge on any atom is -0.300 e. The molecule has 0 saturated carbocycles. The Morgan fingerprint density at radius 3 is 1.12 bits per heavy atom. The fourth-order valence-corrected chi connectivity index (χ4v) is 0.534. The molecule has 0 saturated heterocycles. The Morgan fingerprint density at radius 1 is 0.765 bits per heavy atom. The Bertz CT molecular complexity index is 198. The van der Waals surface area contributed by atoms with Gasteiger partial charge >= 0.3 is 0 Å². The van der Waals surface area contributed by atoms with Crippen LogP contribution < -0.4 is 0 Å². The molecule has 0 amide bonds. The zero-order chi connectivity index (χ0) is 14.7. The highest BCUT2D eigenvalue weighted by atomic mass is 16.1. The summed E-state index contributed by atoms with van der Waals surface area (Å²) in [5.74, 6) is 0.167. The number of carbonyl (C=O) groups excluding carboxylic acids is 1. The first kappa shape index (κ1) is 24.9. The molecule has 1 nitrogen and oxygen atoms in total. The number of rotatable bonds is 0. The number of Topliss-reactive ketones (excluding diaryl/α,β-unsaturated/α-hetero) is 1. The summed E-state index contributed by atoms with van der Waals surface area (Å²) in [6, 6.07) is 10.3. The van der Waals surface area contributed by atoms with Gasteiger partial charge in [-0.05, 0) is 20.8 Å². The summed E-state index contributed by atoms with van der Waals surface area (Å²) in [7, 11) is 0. The molecule has 1 aromatic carbocycles. The highest BCUT2D eigenvalue weighted by Crippen LogP contribution is 1.92. The molecule has 0 heterocycles. The van der Waals surface area contributed by atoms with Gasteiger partial charge in [0.15, 0.2) is 0 Å². The molecule has 0 aliphatic heterocycles. The van der Waals surface area contributed by atoms with Crippen molar-refractivity contribution >= 4 is 5.78 Å². The standard InChI is InChI=1S/C7H8.C3H6O.3C2H6/c1-7-5-3-2-4-6-7;1-3(2)4;3*1-2/h2-6H,1H3;1-2H3;3*1-2H3. The van der Waals surface area contributed by atoms with Crippen LogP contribution >= 0.6 is 0 Å². The molecule has 0 N–H and O–H groups in total. The third-order valence-corrected chi connectivity index (χ3v) is 0.940. The van der Waals surface area contributed by atoms with E-state index in [0.29, 0.717) is 0 Å². The zero-order valence-corrected chi connectivity index (χ0v) is 13.3. The summed E-state index contributed by atoms with van der Waals surface area (Å²) < 4.78 is 0. The Morgan fingerprint density at radius 2 is 1.00 bits per heavy atom. The van der Waals surface area contributed by atoms with Crippen LogP contribution in [0, 0.1) is 6.92 Å². The average molecular weight is 240 g/mol.